The van der Waals surface area contributed by atoms with Gasteiger partial charge in [-0.1, -0.05) is 0 Å². The van der Waals surface area contributed by atoms with Crippen LogP contribution in [0, 0.1) is 57.7 Å². The molecule has 5 nitrogen and oxygen atoms in total. The highest BCUT2D eigenvalue weighted by molar-refractivity contribution is 5.95. The third-order valence-electron chi connectivity index (χ3n) is 7.85. The molecule has 6 saturated carbocycles. The molecule has 0 aromatic heterocycles. The molecule has 6 rings (SSSR count). The maximum absolute atomic E-state index is 12.7. The third kappa shape index (κ3) is 1.54. The van der Waals surface area contributed by atoms with E-state index in [9.17, 15) is 8.78 Å². The normalized spacial score (nSPS) is 47.0. The van der Waals surface area contributed by atoms with Gasteiger partial charge in [0.25, 0.3) is 0 Å². The van der Waals surface area contributed by atoms with Gasteiger partial charge in [-0.05, 0) is 66.6 Å². The molecule has 0 heterocycles. The molecule has 0 radical (unpaired) electrons. The summed E-state index contributed by atoms with van der Waals surface area (Å²) in [6.07, 6.45) is 0.895. The van der Waals surface area contributed by atoms with Crippen molar-refractivity contribution in [2.75, 3.05) is 13.1 Å². The van der Waals surface area contributed by atoms with Gasteiger partial charge in [0.1, 0.15) is 0 Å². The summed E-state index contributed by atoms with van der Waals surface area (Å²) in [6.45, 7) is 2.28. The first-order valence-electron chi connectivity index (χ1n) is 9.16. The van der Waals surface area contributed by atoms with Crippen LogP contribution in [0.15, 0.2) is 0 Å². The molecule has 6 aliphatic carbocycles. The molecule has 0 aromatic carbocycles. The van der Waals surface area contributed by atoms with Crippen LogP contribution in [0.3, 0.4) is 0 Å². The molecule has 0 atom stereocenters. The fourth-order valence-corrected chi connectivity index (χ4v) is 7.25. The molecule has 5 N–H and O–H groups in total. The predicted molar refractivity (Wildman–Crippen MR) is 85.9 cm³/mol. The average Bonchev–Trinajstić information content (AvgIpc) is 2.52. The Labute approximate surface area is 140 Å². The van der Waals surface area contributed by atoms with Gasteiger partial charge in [0.05, 0.1) is 0 Å². The van der Waals surface area contributed by atoms with E-state index in [1.165, 1.54) is 0 Å². The number of unbranched alkanes of at least 4 members (excludes halogenated alkanes) is 1. The van der Waals surface area contributed by atoms with Crippen molar-refractivity contribution < 1.29 is 8.78 Å². The molecule has 0 saturated heterocycles. The van der Waals surface area contributed by atoms with Crippen LogP contribution in [-0.2, 0) is 0 Å². The molecule has 7 heteroatoms. The van der Waals surface area contributed by atoms with Crippen LogP contribution in [0.1, 0.15) is 26.2 Å². The molecule has 0 aromatic rings. The summed E-state index contributed by atoms with van der Waals surface area (Å²) >= 11 is 0. The lowest BCUT2D eigenvalue weighted by atomic mass is 8.96. The summed E-state index contributed by atoms with van der Waals surface area (Å²) in [4.78, 5) is 0. The van der Waals surface area contributed by atoms with Gasteiger partial charge >= 0.3 is 0 Å². The van der Waals surface area contributed by atoms with Gasteiger partial charge < -0.3 is 10.6 Å². The quantitative estimate of drug-likeness (QED) is 0.279. The van der Waals surface area contributed by atoms with E-state index in [2.05, 4.69) is 16.0 Å². The number of rotatable bonds is 7. The SMILES string of the molecule is CC(F)(F)CCCCNC(=N)NC(=N)NCC12C3C4C5C3C1C5C42. The van der Waals surface area contributed by atoms with Crippen LogP contribution in [0.25, 0.3) is 0 Å². The van der Waals surface area contributed by atoms with Crippen molar-refractivity contribution in [3.05, 3.63) is 0 Å². The smallest absolute Gasteiger partial charge is 0.245 e. The zero-order valence-electron chi connectivity index (χ0n) is 13.8. The largest absolute Gasteiger partial charge is 0.356 e. The number of guanidine groups is 2. The van der Waals surface area contributed by atoms with E-state index < -0.39 is 5.92 Å². The predicted octanol–water partition coefficient (Wildman–Crippen LogP) is 1.82. The topological polar surface area (TPSA) is 83.8 Å². The van der Waals surface area contributed by atoms with E-state index >= 15 is 0 Å². The highest BCUT2D eigenvalue weighted by Gasteiger charge is 3.03. The number of hydrogen-bond donors (Lipinski definition) is 5. The van der Waals surface area contributed by atoms with Crippen LogP contribution >= 0.6 is 0 Å². The first-order valence-corrected chi connectivity index (χ1v) is 9.16. The summed E-state index contributed by atoms with van der Waals surface area (Å²) in [5.74, 6) is 4.73. The first kappa shape index (κ1) is 14.9. The number of nitrogens with one attached hydrogen (secondary N) is 5. The van der Waals surface area contributed by atoms with Crippen molar-refractivity contribution in [3.63, 3.8) is 0 Å². The van der Waals surface area contributed by atoms with Gasteiger partial charge in [-0.15, -0.1) is 0 Å². The van der Waals surface area contributed by atoms with Crippen molar-refractivity contribution in [1.29, 1.82) is 10.8 Å². The molecule has 6 aliphatic rings. The molecule has 0 unspecified atom stereocenters. The molecular weight excluding hydrogens is 312 g/mol. The third-order valence-corrected chi connectivity index (χ3v) is 7.85. The van der Waals surface area contributed by atoms with Crippen molar-refractivity contribution >= 4 is 11.9 Å². The minimum atomic E-state index is -2.61. The Hall–Kier alpha value is -1.40. The minimum Gasteiger partial charge on any atom is -0.356 e. The van der Waals surface area contributed by atoms with Crippen molar-refractivity contribution in [2.45, 2.75) is 32.1 Å². The Bertz CT molecular complexity index is 562. The summed E-state index contributed by atoms with van der Waals surface area (Å²) in [7, 11) is 0. The highest BCUT2D eigenvalue weighted by Crippen LogP contribution is 3.05. The summed E-state index contributed by atoms with van der Waals surface area (Å²) in [6, 6.07) is 0. The van der Waals surface area contributed by atoms with Crippen LogP contribution < -0.4 is 16.0 Å². The van der Waals surface area contributed by atoms with Crippen molar-refractivity contribution in [2.24, 2.45) is 46.8 Å². The van der Waals surface area contributed by atoms with E-state index in [0.717, 1.165) is 54.9 Å². The molecule has 0 bridgehead atoms. The Balaban J connectivity index is 0.970. The lowest BCUT2D eigenvalue weighted by Gasteiger charge is -3.08. The Morgan fingerprint density at radius 2 is 1.54 bits per heavy atom. The maximum atomic E-state index is 12.7. The average molecular weight is 337 g/mol. The van der Waals surface area contributed by atoms with Crippen LogP contribution in [0.4, 0.5) is 8.78 Å². The second kappa shape index (κ2) is 4.41. The van der Waals surface area contributed by atoms with Gasteiger partial charge in [0, 0.05) is 19.5 Å². The highest BCUT2D eigenvalue weighted by atomic mass is 19.3. The molecule has 24 heavy (non-hydrogen) atoms. The van der Waals surface area contributed by atoms with Crippen LogP contribution in [0.2, 0.25) is 0 Å². The molecule has 0 amide bonds. The maximum Gasteiger partial charge on any atom is 0.245 e. The van der Waals surface area contributed by atoms with E-state index in [0.29, 0.717) is 24.8 Å². The monoisotopic (exact) mass is 337 g/mol. The Morgan fingerprint density at radius 1 is 0.958 bits per heavy atom. The Morgan fingerprint density at radius 3 is 2.12 bits per heavy atom. The van der Waals surface area contributed by atoms with Gasteiger partial charge in [-0.25, -0.2) is 8.78 Å². The first-order chi connectivity index (χ1) is 11.4. The van der Waals surface area contributed by atoms with E-state index in [-0.39, 0.29) is 18.3 Å². The number of hydrogen-bond acceptors (Lipinski definition) is 2. The fraction of sp³-hybridized carbons (Fsp3) is 0.882. The van der Waals surface area contributed by atoms with Crippen molar-refractivity contribution in [3.8, 4) is 0 Å². The van der Waals surface area contributed by atoms with Crippen LogP contribution in [-0.4, -0.2) is 30.9 Å². The van der Waals surface area contributed by atoms with E-state index in [1.807, 2.05) is 0 Å². The minimum absolute atomic E-state index is 0.0602. The van der Waals surface area contributed by atoms with Gasteiger partial charge in [0.2, 0.25) is 5.92 Å². The summed E-state index contributed by atoms with van der Waals surface area (Å²) < 4.78 is 25.3. The summed E-state index contributed by atoms with van der Waals surface area (Å²) in [5.41, 5.74) is 0.518. The zero-order valence-corrected chi connectivity index (χ0v) is 13.8. The fourth-order valence-electron chi connectivity index (χ4n) is 7.25. The van der Waals surface area contributed by atoms with E-state index in [4.69, 9.17) is 10.8 Å². The molecular formula is C17H25F2N5. The number of halogens is 2. The van der Waals surface area contributed by atoms with Gasteiger partial charge in [-0.2, -0.15) is 0 Å². The molecule has 0 aliphatic heterocycles. The second-order valence-electron chi connectivity index (χ2n) is 8.68. The van der Waals surface area contributed by atoms with Gasteiger partial charge in [-0.3, -0.25) is 16.1 Å². The van der Waals surface area contributed by atoms with E-state index in [1.54, 1.807) is 0 Å². The lowest BCUT2D eigenvalue weighted by Crippen LogP contribution is -3.06. The second-order valence-corrected chi connectivity index (χ2v) is 8.68. The van der Waals surface area contributed by atoms with Crippen molar-refractivity contribution in [1.82, 2.24) is 16.0 Å². The lowest BCUT2D eigenvalue weighted by molar-refractivity contribution is -0.612. The summed E-state index contributed by atoms with van der Waals surface area (Å²) in [5, 5.41) is 24.4. The van der Waals surface area contributed by atoms with Crippen LogP contribution in [0.5, 0.6) is 0 Å². The zero-order chi connectivity index (χ0) is 16.9. The number of alkyl halides is 2. The van der Waals surface area contributed by atoms with Gasteiger partial charge in [0.15, 0.2) is 11.9 Å². The molecule has 132 valence electrons. The standard InChI is InChI=1S/C17H25F2N5/c1-16(18,19)4-2-3-5-22-14(20)24-15(21)23-6-17-11-8-7-9(11)13(17)10(7)12(8)17/h7-13H,2-6H2,1H3,(H5,20,21,22,23,24). The molecule has 6 fully saturated rings. The Kier molecular flexibility index (Phi) is 2.74. The molecule has 0 spiro atoms.